The summed E-state index contributed by atoms with van der Waals surface area (Å²) in [6, 6.07) is 16.2. The van der Waals surface area contributed by atoms with Gasteiger partial charge >= 0.3 is 5.97 Å². The van der Waals surface area contributed by atoms with Crippen molar-refractivity contribution in [3.63, 3.8) is 0 Å². The zero-order chi connectivity index (χ0) is 21.1. The quantitative estimate of drug-likeness (QED) is 0.483. The van der Waals surface area contributed by atoms with Gasteiger partial charge in [-0.05, 0) is 59.2 Å². The average molecular weight is 414 g/mol. The molecule has 2 unspecified atom stereocenters. The lowest BCUT2D eigenvalue weighted by atomic mass is 9.89. The number of hydrogen-bond acceptors (Lipinski definition) is 5. The summed E-state index contributed by atoms with van der Waals surface area (Å²) in [6.07, 6.45) is 0.591. The second kappa shape index (κ2) is 6.75. The lowest BCUT2D eigenvalue weighted by Gasteiger charge is -2.30. The topological polar surface area (TPSA) is 72.6 Å². The van der Waals surface area contributed by atoms with E-state index >= 15 is 0 Å². The van der Waals surface area contributed by atoms with Crippen molar-refractivity contribution in [3.8, 4) is 11.5 Å². The summed E-state index contributed by atoms with van der Waals surface area (Å²) < 4.78 is 16.1. The molecule has 2 aliphatic rings. The van der Waals surface area contributed by atoms with Gasteiger partial charge in [-0.2, -0.15) is 0 Å². The molecule has 31 heavy (non-hydrogen) atoms. The fraction of sp³-hybridized carbons (Fsp3) is 0.240. The summed E-state index contributed by atoms with van der Waals surface area (Å²) in [4.78, 5) is 16.1. The summed E-state index contributed by atoms with van der Waals surface area (Å²) in [6.45, 7) is 2.34. The predicted octanol–water partition coefficient (Wildman–Crippen LogP) is 4.13. The first-order valence-electron chi connectivity index (χ1n) is 10.4. The van der Waals surface area contributed by atoms with Gasteiger partial charge in [0, 0.05) is 23.0 Å². The molecular weight excluding hydrogens is 392 g/mol. The molecule has 1 aromatic heterocycles. The van der Waals surface area contributed by atoms with Gasteiger partial charge in [0.15, 0.2) is 11.5 Å². The number of carbonyl (C=O) groups is 1. The van der Waals surface area contributed by atoms with Crippen molar-refractivity contribution in [1.29, 1.82) is 0 Å². The normalized spacial score (nSPS) is 19.5. The number of hydrogen-bond donors (Lipinski definition) is 2. The lowest BCUT2D eigenvalue weighted by Crippen LogP contribution is -2.45. The molecule has 4 aromatic rings. The minimum Gasteiger partial charge on any atom is -0.468 e. The van der Waals surface area contributed by atoms with Crippen molar-refractivity contribution in [2.24, 2.45) is 0 Å². The molecule has 2 N–H and O–H groups in total. The first-order valence-corrected chi connectivity index (χ1v) is 10.4. The Balaban J connectivity index is 1.51. The van der Waals surface area contributed by atoms with Crippen LogP contribution < -0.4 is 14.8 Å². The molecule has 156 valence electrons. The molecule has 0 aliphatic carbocycles. The number of fused-ring (bicyclic) bond motifs is 5. The van der Waals surface area contributed by atoms with Crippen LogP contribution in [-0.2, 0) is 16.0 Å². The zero-order valence-electron chi connectivity index (χ0n) is 17.3. The van der Waals surface area contributed by atoms with Crippen LogP contribution in [0.1, 0.15) is 28.4 Å². The number of aryl methyl sites for hydroxylation is 1. The number of benzene rings is 3. The molecule has 6 rings (SSSR count). The maximum absolute atomic E-state index is 12.5. The Kier molecular flexibility index (Phi) is 3.98. The monoisotopic (exact) mass is 414 g/mol. The van der Waals surface area contributed by atoms with E-state index in [0.29, 0.717) is 6.42 Å². The van der Waals surface area contributed by atoms with Gasteiger partial charge in [0.1, 0.15) is 6.04 Å². The van der Waals surface area contributed by atoms with E-state index < -0.39 is 6.04 Å². The molecule has 6 heteroatoms. The third-order valence-electron chi connectivity index (χ3n) is 6.33. The Morgan fingerprint density at radius 3 is 2.65 bits per heavy atom. The molecule has 0 spiro atoms. The number of nitrogens with one attached hydrogen (secondary N) is 2. The van der Waals surface area contributed by atoms with Gasteiger partial charge in [-0.3, -0.25) is 10.1 Å². The van der Waals surface area contributed by atoms with E-state index in [0.717, 1.165) is 39.0 Å². The Hall–Kier alpha value is -3.51. The predicted molar refractivity (Wildman–Crippen MR) is 118 cm³/mol. The molecule has 2 atom stereocenters. The van der Waals surface area contributed by atoms with Gasteiger partial charge < -0.3 is 19.2 Å². The minimum absolute atomic E-state index is 0.157. The van der Waals surface area contributed by atoms with Crippen molar-refractivity contribution in [2.45, 2.75) is 25.4 Å². The van der Waals surface area contributed by atoms with Crippen molar-refractivity contribution >= 4 is 27.6 Å². The lowest BCUT2D eigenvalue weighted by molar-refractivity contribution is -0.143. The molecule has 0 saturated carbocycles. The molecule has 0 amide bonds. The molecule has 3 heterocycles. The van der Waals surface area contributed by atoms with Crippen LogP contribution in [0.3, 0.4) is 0 Å². The van der Waals surface area contributed by atoms with Crippen molar-refractivity contribution < 1.29 is 19.0 Å². The number of H-pyrrole nitrogens is 1. The highest BCUT2D eigenvalue weighted by Crippen LogP contribution is 2.39. The highest BCUT2D eigenvalue weighted by molar-refractivity contribution is 5.89. The summed E-state index contributed by atoms with van der Waals surface area (Å²) in [5.41, 5.74) is 5.62. The summed E-state index contributed by atoms with van der Waals surface area (Å²) in [5, 5.41) is 6.82. The molecular formula is C25H22N2O4. The summed E-state index contributed by atoms with van der Waals surface area (Å²) in [5.74, 6) is 1.28. The van der Waals surface area contributed by atoms with E-state index in [1.807, 2.05) is 12.1 Å². The first-order chi connectivity index (χ1) is 15.1. The highest BCUT2D eigenvalue weighted by atomic mass is 16.7. The van der Waals surface area contributed by atoms with Gasteiger partial charge in [-0.15, -0.1) is 0 Å². The van der Waals surface area contributed by atoms with Crippen LogP contribution in [0.15, 0.2) is 48.5 Å². The average Bonchev–Trinajstić information content (AvgIpc) is 3.39. The van der Waals surface area contributed by atoms with Crippen molar-refractivity contribution in [2.75, 3.05) is 13.9 Å². The standard InChI is InChI=1S/C25H22N2O4/c1-13-3-6-19-17(7-13)18-11-20(25(28)29-2)27-23(24(18)26-19)15-5-4-14-9-21-22(31-12-30-21)10-16(14)8-15/h3-10,20,23,26-27H,11-12H2,1-2H3. The van der Waals surface area contributed by atoms with Crippen LogP contribution in [0.4, 0.5) is 0 Å². The van der Waals surface area contributed by atoms with Gasteiger partial charge in [0.25, 0.3) is 0 Å². The smallest absolute Gasteiger partial charge is 0.323 e. The maximum atomic E-state index is 12.5. The summed E-state index contributed by atoms with van der Waals surface area (Å²) in [7, 11) is 1.44. The molecule has 6 nitrogen and oxygen atoms in total. The Labute approximate surface area is 179 Å². The van der Waals surface area contributed by atoms with Gasteiger partial charge in [0.05, 0.1) is 13.2 Å². The van der Waals surface area contributed by atoms with E-state index in [1.54, 1.807) is 0 Å². The number of aromatic amines is 1. The van der Waals surface area contributed by atoms with E-state index in [2.05, 4.69) is 53.6 Å². The van der Waals surface area contributed by atoms with Crippen molar-refractivity contribution in [3.05, 3.63) is 70.9 Å². The van der Waals surface area contributed by atoms with Crippen LogP contribution in [0, 0.1) is 6.92 Å². The van der Waals surface area contributed by atoms with Crippen molar-refractivity contribution in [1.82, 2.24) is 10.3 Å². The third kappa shape index (κ3) is 2.86. The van der Waals surface area contributed by atoms with Crippen LogP contribution in [0.25, 0.3) is 21.7 Å². The van der Waals surface area contributed by atoms with Gasteiger partial charge in [0.2, 0.25) is 6.79 Å². The molecule has 0 saturated heterocycles. The number of ether oxygens (including phenoxy) is 3. The van der Waals surface area contributed by atoms with Gasteiger partial charge in [-0.25, -0.2) is 0 Å². The third-order valence-corrected chi connectivity index (χ3v) is 6.33. The summed E-state index contributed by atoms with van der Waals surface area (Å²) >= 11 is 0. The van der Waals surface area contributed by atoms with E-state index in [9.17, 15) is 4.79 Å². The first kappa shape index (κ1) is 18.3. The fourth-order valence-corrected chi connectivity index (χ4v) is 4.79. The molecule has 0 fully saturated rings. The van der Waals surface area contributed by atoms with Gasteiger partial charge in [-0.1, -0.05) is 23.8 Å². The van der Waals surface area contributed by atoms with E-state index in [4.69, 9.17) is 14.2 Å². The zero-order valence-corrected chi connectivity index (χ0v) is 17.3. The fourth-order valence-electron chi connectivity index (χ4n) is 4.79. The Bertz CT molecular complexity index is 1360. The number of esters is 1. The Morgan fingerprint density at radius 2 is 1.84 bits per heavy atom. The highest BCUT2D eigenvalue weighted by Gasteiger charge is 2.34. The second-order valence-electron chi connectivity index (χ2n) is 8.26. The SMILES string of the molecule is COC(=O)C1Cc2c([nH]c3ccc(C)cc23)C(c2ccc3cc4c(cc3c2)OCO4)N1. The minimum atomic E-state index is -0.408. The molecule has 0 bridgehead atoms. The molecule has 0 radical (unpaired) electrons. The van der Waals surface area contributed by atoms with Crippen LogP contribution in [0.2, 0.25) is 0 Å². The van der Waals surface area contributed by atoms with E-state index in [-0.39, 0.29) is 18.8 Å². The van der Waals surface area contributed by atoms with Crippen LogP contribution >= 0.6 is 0 Å². The van der Waals surface area contributed by atoms with E-state index in [1.165, 1.54) is 23.6 Å². The van der Waals surface area contributed by atoms with Crippen LogP contribution in [0.5, 0.6) is 11.5 Å². The number of carbonyl (C=O) groups excluding carboxylic acids is 1. The Morgan fingerprint density at radius 1 is 1.03 bits per heavy atom. The maximum Gasteiger partial charge on any atom is 0.323 e. The molecule has 2 aliphatic heterocycles. The molecule has 3 aromatic carbocycles. The largest absolute Gasteiger partial charge is 0.468 e. The number of aromatic nitrogens is 1. The van der Waals surface area contributed by atoms with Crippen LogP contribution in [-0.4, -0.2) is 30.9 Å². The number of methoxy groups -OCH3 is 1. The second-order valence-corrected chi connectivity index (χ2v) is 8.26. The number of rotatable bonds is 2.